The molecule has 0 fully saturated rings. The third-order valence-electron chi connectivity index (χ3n) is 2.99. The van der Waals surface area contributed by atoms with Gasteiger partial charge in [-0.15, -0.1) is 0 Å². The highest BCUT2D eigenvalue weighted by molar-refractivity contribution is 14.1. The van der Waals surface area contributed by atoms with Crippen molar-refractivity contribution in [2.24, 2.45) is 5.73 Å². The van der Waals surface area contributed by atoms with Gasteiger partial charge in [0.1, 0.15) is 0 Å². The molecule has 0 saturated heterocycles. The molecule has 0 bridgehead atoms. The maximum Gasteiger partial charge on any atom is 0.237 e. The topological polar surface area (TPSA) is 84.2 Å². The van der Waals surface area contributed by atoms with E-state index < -0.39 is 6.04 Å². The van der Waals surface area contributed by atoms with Gasteiger partial charge in [-0.3, -0.25) is 9.59 Å². The largest absolute Gasteiger partial charge is 0.354 e. The number of nitrogens with one attached hydrogen (secondary N) is 2. The number of amides is 2. The van der Waals surface area contributed by atoms with Crippen LogP contribution in [0.25, 0.3) is 0 Å². The fraction of sp³-hybridized carbons (Fsp3) is 0.867. The number of carbonyl (C=O) groups is 2. The lowest BCUT2D eigenvalue weighted by atomic mass is 10.1. The molecule has 0 spiro atoms. The van der Waals surface area contributed by atoms with Gasteiger partial charge in [0, 0.05) is 34.9 Å². The fourth-order valence-corrected chi connectivity index (χ4v) is 3.38. The Morgan fingerprint density at radius 3 is 2.45 bits per heavy atom. The number of halogens is 1. The number of hydrogen-bond donors (Lipinski definition) is 3. The van der Waals surface area contributed by atoms with Crippen molar-refractivity contribution in [1.82, 2.24) is 10.6 Å². The average Bonchev–Trinajstić information content (AvgIpc) is 2.47. The minimum absolute atomic E-state index is 0.0567. The normalized spacial score (nSPS) is 13.5. The first kappa shape index (κ1) is 22.0. The minimum atomic E-state index is -0.482. The summed E-state index contributed by atoms with van der Waals surface area (Å²) in [7, 11) is 0. The molecule has 1 unspecified atom stereocenters. The van der Waals surface area contributed by atoms with Gasteiger partial charge >= 0.3 is 0 Å². The van der Waals surface area contributed by atoms with E-state index >= 15 is 0 Å². The van der Waals surface area contributed by atoms with Crippen LogP contribution < -0.4 is 16.4 Å². The lowest BCUT2D eigenvalue weighted by Crippen LogP contribution is -2.44. The summed E-state index contributed by atoms with van der Waals surface area (Å²) in [6, 6.07) is -0.482. The van der Waals surface area contributed by atoms with Gasteiger partial charge in [-0.2, -0.15) is 11.8 Å². The van der Waals surface area contributed by atoms with Crippen molar-refractivity contribution in [2.45, 2.75) is 55.9 Å². The van der Waals surface area contributed by atoms with Gasteiger partial charge < -0.3 is 16.4 Å². The van der Waals surface area contributed by atoms with Crippen LogP contribution in [0.4, 0.5) is 0 Å². The van der Waals surface area contributed by atoms with E-state index in [0.29, 0.717) is 29.2 Å². The number of unbranched alkanes of at least 4 members (excludes halogenated alkanes) is 3. The summed E-state index contributed by atoms with van der Waals surface area (Å²) < 4.78 is 0.574. The lowest BCUT2D eigenvalue weighted by molar-refractivity contribution is -0.123. The smallest absolute Gasteiger partial charge is 0.237 e. The Labute approximate surface area is 152 Å². The van der Waals surface area contributed by atoms with E-state index in [-0.39, 0.29) is 11.8 Å². The average molecular weight is 443 g/mol. The van der Waals surface area contributed by atoms with E-state index in [0.717, 1.165) is 18.6 Å². The van der Waals surface area contributed by atoms with E-state index in [1.54, 1.807) is 11.8 Å². The monoisotopic (exact) mass is 443 g/mol. The molecule has 0 aliphatic carbocycles. The summed E-state index contributed by atoms with van der Waals surface area (Å²) in [5.74, 6) is 1.53. The number of hydrogen-bond acceptors (Lipinski definition) is 4. The molecule has 5 nitrogen and oxygen atoms in total. The molecule has 2 atom stereocenters. The zero-order valence-electron chi connectivity index (χ0n) is 13.7. The van der Waals surface area contributed by atoms with Crippen LogP contribution in [-0.2, 0) is 9.59 Å². The molecule has 0 aromatic rings. The highest BCUT2D eigenvalue weighted by atomic mass is 127. The van der Waals surface area contributed by atoms with Gasteiger partial charge in [0.15, 0.2) is 0 Å². The first-order valence-electron chi connectivity index (χ1n) is 7.99. The molecular weight excluding hydrogens is 413 g/mol. The van der Waals surface area contributed by atoms with E-state index in [2.05, 4.69) is 47.1 Å². The zero-order chi connectivity index (χ0) is 16.8. The first-order chi connectivity index (χ1) is 10.5. The summed E-state index contributed by atoms with van der Waals surface area (Å²) in [5, 5.41) is 5.57. The second-order valence-electron chi connectivity index (χ2n) is 5.38. The SMILES string of the molecule is CCCCCCC(=O)NCCNC(=O)[C@@H](N)CSCC(C)I. The van der Waals surface area contributed by atoms with Crippen molar-refractivity contribution in [3.63, 3.8) is 0 Å². The van der Waals surface area contributed by atoms with Crippen LogP contribution in [0.5, 0.6) is 0 Å². The molecule has 0 aliphatic heterocycles. The third kappa shape index (κ3) is 13.6. The Morgan fingerprint density at radius 1 is 1.14 bits per heavy atom. The van der Waals surface area contributed by atoms with Crippen molar-refractivity contribution in [2.75, 3.05) is 24.6 Å². The van der Waals surface area contributed by atoms with Crippen LogP contribution in [0.3, 0.4) is 0 Å². The Bertz CT molecular complexity index is 317. The van der Waals surface area contributed by atoms with E-state index in [4.69, 9.17) is 5.73 Å². The quantitative estimate of drug-likeness (QED) is 0.231. The highest BCUT2D eigenvalue weighted by Gasteiger charge is 2.13. The van der Waals surface area contributed by atoms with Gasteiger partial charge in [0.25, 0.3) is 0 Å². The Balaban J connectivity index is 3.56. The molecule has 0 radical (unpaired) electrons. The second kappa shape index (κ2) is 14.6. The number of thioether (sulfide) groups is 1. The van der Waals surface area contributed by atoms with E-state index in [1.165, 1.54) is 12.8 Å². The van der Waals surface area contributed by atoms with Gasteiger partial charge in [-0.25, -0.2) is 0 Å². The Hall–Kier alpha value is -0.0200. The molecule has 0 aliphatic rings. The van der Waals surface area contributed by atoms with Crippen LogP contribution in [0.1, 0.15) is 46.0 Å². The summed E-state index contributed by atoms with van der Waals surface area (Å²) in [6.45, 7) is 5.17. The summed E-state index contributed by atoms with van der Waals surface area (Å²) in [6.07, 6.45) is 4.95. The standard InChI is InChI=1S/C15H30IN3O2S/c1-3-4-5-6-7-14(20)18-8-9-19-15(21)13(17)11-22-10-12(2)16/h12-13H,3-11,17H2,1-2H3,(H,18,20)(H,19,21)/t12?,13-/m0/s1. The molecule has 0 saturated carbocycles. The number of rotatable bonds is 13. The molecule has 7 heteroatoms. The number of alkyl halides is 1. The zero-order valence-corrected chi connectivity index (χ0v) is 16.7. The molecule has 0 aromatic heterocycles. The van der Waals surface area contributed by atoms with E-state index in [9.17, 15) is 9.59 Å². The Kier molecular flexibility index (Phi) is 14.6. The predicted octanol–water partition coefficient (Wildman–Crippen LogP) is 2.07. The maximum atomic E-state index is 11.7. The van der Waals surface area contributed by atoms with Crippen molar-refractivity contribution < 1.29 is 9.59 Å². The van der Waals surface area contributed by atoms with Gasteiger partial charge in [-0.1, -0.05) is 55.7 Å². The van der Waals surface area contributed by atoms with Gasteiger partial charge in [0.2, 0.25) is 11.8 Å². The molecule has 0 rings (SSSR count). The summed E-state index contributed by atoms with van der Waals surface area (Å²) in [5.41, 5.74) is 5.82. The van der Waals surface area contributed by atoms with E-state index in [1.807, 2.05) is 0 Å². The lowest BCUT2D eigenvalue weighted by Gasteiger charge is -2.13. The van der Waals surface area contributed by atoms with Crippen molar-refractivity contribution in [3.8, 4) is 0 Å². The molecular formula is C15H30IN3O2S. The third-order valence-corrected chi connectivity index (χ3v) is 5.35. The van der Waals surface area contributed by atoms with Gasteiger partial charge in [-0.05, 0) is 6.42 Å². The van der Waals surface area contributed by atoms with Crippen molar-refractivity contribution in [1.29, 1.82) is 0 Å². The molecule has 22 heavy (non-hydrogen) atoms. The predicted molar refractivity (Wildman–Crippen MR) is 104 cm³/mol. The summed E-state index contributed by atoms with van der Waals surface area (Å²) in [4.78, 5) is 23.3. The molecule has 130 valence electrons. The van der Waals surface area contributed by atoms with Crippen molar-refractivity contribution in [3.05, 3.63) is 0 Å². The first-order valence-corrected chi connectivity index (χ1v) is 10.4. The van der Waals surface area contributed by atoms with Crippen LogP contribution >= 0.6 is 34.4 Å². The van der Waals surface area contributed by atoms with Crippen LogP contribution in [0, 0.1) is 0 Å². The minimum Gasteiger partial charge on any atom is -0.354 e. The van der Waals surface area contributed by atoms with Crippen molar-refractivity contribution >= 4 is 46.2 Å². The van der Waals surface area contributed by atoms with Crippen LogP contribution in [0.2, 0.25) is 0 Å². The number of nitrogens with two attached hydrogens (primary N) is 1. The Morgan fingerprint density at radius 2 is 1.82 bits per heavy atom. The molecule has 2 amide bonds. The fourth-order valence-electron chi connectivity index (χ4n) is 1.75. The highest BCUT2D eigenvalue weighted by Crippen LogP contribution is 2.10. The van der Waals surface area contributed by atoms with Gasteiger partial charge in [0.05, 0.1) is 6.04 Å². The van der Waals surface area contributed by atoms with Crippen LogP contribution in [-0.4, -0.2) is 46.4 Å². The molecule has 0 aromatic carbocycles. The molecule has 4 N–H and O–H groups in total. The maximum absolute atomic E-state index is 11.7. The molecule has 0 heterocycles. The second-order valence-corrected chi connectivity index (χ2v) is 8.58. The summed E-state index contributed by atoms with van der Waals surface area (Å²) >= 11 is 4.04. The number of carbonyl (C=O) groups excluding carboxylic acids is 2. The van der Waals surface area contributed by atoms with Crippen LogP contribution in [0.15, 0.2) is 0 Å².